The summed E-state index contributed by atoms with van der Waals surface area (Å²) in [6, 6.07) is 11.3. The molecule has 4 rings (SSSR count). The summed E-state index contributed by atoms with van der Waals surface area (Å²) < 4.78 is 39.6. The number of amides is 1. The van der Waals surface area contributed by atoms with Gasteiger partial charge in [-0.15, -0.1) is 11.3 Å². The molecule has 11 heteroatoms. The van der Waals surface area contributed by atoms with Gasteiger partial charge in [-0.3, -0.25) is 9.10 Å². The van der Waals surface area contributed by atoms with Crippen LogP contribution in [-0.2, 0) is 32.4 Å². The molecule has 0 aliphatic heterocycles. The van der Waals surface area contributed by atoms with Gasteiger partial charge in [-0.25, -0.2) is 13.2 Å². The maximum Gasteiger partial charge on any atom is 0.341 e. The van der Waals surface area contributed by atoms with Crippen molar-refractivity contribution < 1.29 is 27.5 Å². The summed E-state index contributed by atoms with van der Waals surface area (Å²) in [5.41, 5.74) is 2.59. The van der Waals surface area contributed by atoms with Crippen molar-refractivity contribution in [2.45, 2.75) is 44.4 Å². The van der Waals surface area contributed by atoms with Crippen LogP contribution in [0.3, 0.4) is 0 Å². The maximum atomic E-state index is 13.8. The van der Waals surface area contributed by atoms with Crippen molar-refractivity contribution in [2.75, 3.05) is 29.9 Å². The molecule has 0 saturated carbocycles. The Morgan fingerprint density at radius 3 is 2.47 bits per heavy atom. The predicted molar refractivity (Wildman–Crippen MR) is 152 cm³/mol. The van der Waals surface area contributed by atoms with Crippen molar-refractivity contribution in [3.63, 3.8) is 0 Å². The standard InChI is InChI=1S/C27H29BrN2O6S2/c1-4-36-27(32)25-20-7-5-6-8-23(20)37-26(25)29-24(31)16-30(18-11-9-17(2)10-12-18)38(33,34)19-13-14-22(35-3)21(28)15-19/h9-15H,4-8,16H2,1-3H3,(H,29,31). The number of nitrogens with one attached hydrogen (secondary N) is 1. The van der Waals surface area contributed by atoms with Gasteiger partial charge >= 0.3 is 5.97 Å². The molecule has 8 nitrogen and oxygen atoms in total. The monoisotopic (exact) mass is 620 g/mol. The third-order valence-electron chi connectivity index (χ3n) is 6.22. The number of aryl methyl sites for hydroxylation is 2. The van der Waals surface area contributed by atoms with Gasteiger partial charge in [-0.05, 0) is 91.4 Å². The summed E-state index contributed by atoms with van der Waals surface area (Å²) in [4.78, 5) is 27.2. The third-order valence-corrected chi connectivity index (χ3v) is 9.82. The molecular weight excluding hydrogens is 592 g/mol. The summed E-state index contributed by atoms with van der Waals surface area (Å²) in [6.07, 6.45) is 3.55. The molecule has 0 saturated heterocycles. The van der Waals surface area contributed by atoms with E-state index >= 15 is 0 Å². The van der Waals surface area contributed by atoms with Gasteiger partial charge in [-0.2, -0.15) is 0 Å². The molecule has 1 amide bonds. The Balaban J connectivity index is 1.68. The highest BCUT2D eigenvalue weighted by atomic mass is 79.9. The maximum absolute atomic E-state index is 13.8. The molecule has 1 aliphatic rings. The number of esters is 1. The van der Waals surface area contributed by atoms with Crippen LogP contribution >= 0.6 is 27.3 Å². The zero-order valence-electron chi connectivity index (χ0n) is 21.4. The molecule has 1 heterocycles. The lowest BCUT2D eigenvalue weighted by atomic mass is 9.95. The van der Waals surface area contributed by atoms with E-state index in [9.17, 15) is 18.0 Å². The second-order valence-corrected chi connectivity index (χ2v) is 12.6. The van der Waals surface area contributed by atoms with Crippen molar-refractivity contribution >= 4 is 59.9 Å². The number of halogens is 1. The first kappa shape index (κ1) is 28.1. The Kier molecular flexibility index (Phi) is 8.79. The van der Waals surface area contributed by atoms with Crippen LogP contribution in [0.5, 0.6) is 5.75 Å². The van der Waals surface area contributed by atoms with Gasteiger partial charge in [0.1, 0.15) is 17.3 Å². The lowest BCUT2D eigenvalue weighted by Gasteiger charge is -2.24. The Morgan fingerprint density at radius 1 is 1.11 bits per heavy atom. The molecule has 0 atom stereocenters. The van der Waals surface area contributed by atoms with E-state index in [-0.39, 0.29) is 11.5 Å². The summed E-state index contributed by atoms with van der Waals surface area (Å²) in [5.74, 6) is -0.559. The average Bonchev–Trinajstić information content (AvgIpc) is 3.25. The smallest absolute Gasteiger partial charge is 0.341 e. The Hall–Kier alpha value is -2.89. The van der Waals surface area contributed by atoms with Crippen molar-refractivity contribution in [3.05, 3.63) is 68.5 Å². The predicted octanol–water partition coefficient (Wildman–Crippen LogP) is 5.72. The number of hydrogen-bond donors (Lipinski definition) is 1. The van der Waals surface area contributed by atoms with Crippen LogP contribution in [0, 0.1) is 6.92 Å². The fraction of sp³-hybridized carbons (Fsp3) is 0.333. The second kappa shape index (κ2) is 11.9. The van der Waals surface area contributed by atoms with Crippen LogP contribution in [0.4, 0.5) is 10.7 Å². The first-order valence-electron chi connectivity index (χ1n) is 12.2. The highest BCUT2D eigenvalue weighted by molar-refractivity contribution is 9.10. The van der Waals surface area contributed by atoms with Crippen LogP contribution in [0.25, 0.3) is 0 Å². The average molecular weight is 622 g/mol. The molecule has 0 fully saturated rings. The summed E-state index contributed by atoms with van der Waals surface area (Å²) in [6.45, 7) is 3.36. The quantitative estimate of drug-likeness (QED) is 0.307. The van der Waals surface area contributed by atoms with Crippen molar-refractivity contribution in [1.29, 1.82) is 0 Å². The number of thiophene rings is 1. The van der Waals surface area contributed by atoms with Crippen LogP contribution in [0.15, 0.2) is 51.8 Å². The van der Waals surface area contributed by atoms with Gasteiger partial charge in [-0.1, -0.05) is 17.7 Å². The molecule has 0 spiro atoms. The minimum Gasteiger partial charge on any atom is -0.496 e. The van der Waals surface area contributed by atoms with Crippen LogP contribution < -0.4 is 14.4 Å². The van der Waals surface area contributed by atoms with E-state index in [1.54, 1.807) is 37.3 Å². The Labute approximate surface area is 235 Å². The molecular formula is C27H29BrN2O6S2. The molecule has 2 aromatic carbocycles. The van der Waals surface area contributed by atoms with E-state index in [4.69, 9.17) is 9.47 Å². The number of nitrogens with zero attached hydrogens (tertiary/aromatic N) is 1. The first-order chi connectivity index (χ1) is 18.1. The normalized spacial score (nSPS) is 12.9. The number of rotatable bonds is 9. The fourth-order valence-electron chi connectivity index (χ4n) is 4.33. The van der Waals surface area contributed by atoms with E-state index in [0.717, 1.165) is 46.0 Å². The number of carbonyl (C=O) groups is 2. The summed E-state index contributed by atoms with van der Waals surface area (Å²) >= 11 is 4.70. The van der Waals surface area contributed by atoms with E-state index in [1.165, 1.54) is 30.6 Å². The lowest BCUT2D eigenvalue weighted by Crippen LogP contribution is -2.38. The van der Waals surface area contributed by atoms with Crippen LogP contribution in [0.2, 0.25) is 0 Å². The number of hydrogen-bond acceptors (Lipinski definition) is 7. The SMILES string of the molecule is CCOC(=O)c1c(NC(=O)CN(c2ccc(C)cc2)S(=O)(=O)c2ccc(OC)c(Br)c2)sc2c1CCCC2. The molecule has 1 aliphatic carbocycles. The van der Waals surface area contributed by atoms with E-state index < -0.39 is 28.4 Å². The third kappa shape index (κ3) is 5.89. The van der Waals surface area contributed by atoms with Gasteiger partial charge < -0.3 is 14.8 Å². The van der Waals surface area contributed by atoms with Crippen molar-refractivity contribution in [2.24, 2.45) is 0 Å². The second-order valence-electron chi connectivity index (χ2n) is 8.83. The highest BCUT2D eigenvalue weighted by Gasteiger charge is 2.31. The van der Waals surface area contributed by atoms with Gasteiger partial charge in [0.2, 0.25) is 5.91 Å². The molecule has 202 valence electrons. The lowest BCUT2D eigenvalue weighted by molar-refractivity contribution is -0.114. The largest absolute Gasteiger partial charge is 0.496 e. The number of methoxy groups -OCH3 is 1. The number of anilines is 2. The first-order valence-corrected chi connectivity index (χ1v) is 15.2. The minimum atomic E-state index is -4.14. The topological polar surface area (TPSA) is 102 Å². The highest BCUT2D eigenvalue weighted by Crippen LogP contribution is 2.39. The minimum absolute atomic E-state index is 0.00245. The van der Waals surface area contributed by atoms with E-state index in [0.29, 0.717) is 26.5 Å². The fourth-order valence-corrected chi connectivity index (χ4v) is 7.76. The zero-order valence-corrected chi connectivity index (χ0v) is 24.6. The van der Waals surface area contributed by atoms with Gasteiger partial charge in [0.25, 0.3) is 10.0 Å². The van der Waals surface area contributed by atoms with Gasteiger partial charge in [0.15, 0.2) is 0 Å². The number of benzene rings is 2. The van der Waals surface area contributed by atoms with Crippen LogP contribution in [0.1, 0.15) is 46.1 Å². The molecule has 1 aromatic heterocycles. The van der Waals surface area contributed by atoms with Crippen molar-refractivity contribution in [1.82, 2.24) is 0 Å². The van der Waals surface area contributed by atoms with Gasteiger partial charge in [0, 0.05) is 4.88 Å². The molecule has 38 heavy (non-hydrogen) atoms. The van der Waals surface area contributed by atoms with Crippen LogP contribution in [-0.4, -0.2) is 40.6 Å². The molecule has 0 bridgehead atoms. The zero-order chi connectivity index (χ0) is 27.4. The number of fused-ring (bicyclic) bond motifs is 1. The number of ether oxygens (including phenoxy) is 2. The van der Waals surface area contributed by atoms with E-state index in [2.05, 4.69) is 21.2 Å². The van der Waals surface area contributed by atoms with Crippen molar-refractivity contribution in [3.8, 4) is 5.75 Å². The summed E-state index contributed by atoms with van der Waals surface area (Å²) in [7, 11) is -2.65. The number of sulfonamides is 1. The van der Waals surface area contributed by atoms with Gasteiger partial charge in [0.05, 0.1) is 34.3 Å². The molecule has 0 radical (unpaired) electrons. The Morgan fingerprint density at radius 2 is 1.82 bits per heavy atom. The molecule has 3 aromatic rings. The van der Waals surface area contributed by atoms with E-state index in [1.807, 2.05) is 6.92 Å². The summed E-state index contributed by atoms with van der Waals surface area (Å²) in [5, 5.41) is 3.21. The molecule has 0 unspecified atom stereocenters. The number of carbonyl (C=O) groups excluding carboxylic acids is 2. The molecule has 1 N–H and O–H groups in total. The Bertz CT molecular complexity index is 1450.